The van der Waals surface area contributed by atoms with Gasteiger partial charge in [-0.25, -0.2) is 0 Å². The molecule has 0 N–H and O–H groups in total. The number of hydrogen-bond acceptors (Lipinski definition) is 3. The van der Waals surface area contributed by atoms with E-state index in [0.717, 1.165) is 12.8 Å². The minimum absolute atomic E-state index is 0.0857. The first-order valence-electron chi connectivity index (χ1n) is 10.2. The van der Waals surface area contributed by atoms with E-state index in [9.17, 15) is 14.4 Å². The SMILES string of the molecule is CCCC(=O)N1CC2(C(C)C)CN(C(=O)CCC)CC(C(C)C)(C1)C2=O. The quantitative estimate of drug-likeness (QED) is 0.727. The predicted molar refractivity (Wildman–Crippen MR) is 103 cm³/mol. The van der Waals surface area contributed by atoms with Gasteiger partial charge in [-0.05, 0) is 24.7 Å². The number of hydrogen-bond donors (Lipinski definition) is 0. The highest BCUT2D eigenvalue weighted by molar-refractivity contribution is 5.96. The second-order valence-corrected chi connectivity index (χ2v) is 8.95. The molecule has 2 aliphatic heterocycles. The number of fused-ring (bicyclic) bond motifs is 2. The molecule has 0 radical (unpaired) electrons. The van der Waals surface area contributed by atoms with Crippen LogP contribution in [0.1, 0.15) is 67.2 Å². The molecule has 2 saturated heterocycles. The van der Waals surface area contributed by atoms with Crippen LogP contribution < -0.4 is 0 Å². The minimum Gasteiger partial charge on any atom is -0.341 e. The smallest absolute Gasteiger partial charge is 0.222 e. The van der Waals surface area contributed by atoms with Gasteiger partial charge in [0, 0.05) is 39.0 Å². The van der Waals surface area contributed by atoms with Crippen molar-refractivity contribution in [1.82, 2.24) is 9.80 Å². The molecule has 2 bridgehead atoms. The number of carbonyl (C=O) groups is 3. The van der Waals surface area contributed by atoms with E-state index in [-0.39, 0.29) is 29.4 Å². The van der Waals surface area contributed by atoms with Gasteiger partial charge in [0.15, 0.2) is 5.78 Å². The van der Waals surface area contributed by atoms with Crippen LogP contribution in [0.3, 0.4) is 0 Å². The number of rotatable bonds is 6. The Bertz CT molecular complexity index is 508. The molecule has 0 aromatic carbocycles. The zero-order valence-electron chi connectivity index (χ0n) is 17.4. The average Bonchev–Trinajstić information content (AvgIpc) is 2.54. The van der Waals surface area contributed by atoms with Gasteiger partial charge in [-0.1, -0.05) is 41.5 Å². The number of piperidine rings is 2. The molecule has 0 unspecified atom stereocenters. The van der Waals surface area contributed by atoms with Crippen molar-refractivity contribution in [2.75, 3.05) is 26.2 Å². The molecule has 0 spiro atoms. The number of nitrogens with zero attached hydrogens (tertiary/aromatic N) is 2. The molecule has 2 heterocycles. The number of likely N-dealkylation sites (tertiary alicyclic amines) is 2. The molecule has 0 aromatic rings. The van der Waals surface area contributed by atoms with Crippen molar-refractivity contribution in [3.05, 3.63) is 0 Å². The Hall–Kier alpha value is -1.39. The standard InChI is InChI=1S/C21H36N2O3/c1-7-9-17(24)22-11-20(15(3)4)13-23(18(25)10-8-2)14-21(12-22,16(5)6)19(20)26/h15-16H,7-14H2,1-6H3. The first-order valence-corrected chi connectivity index (χ1v) is 10.2. The Kier molecular flexibility index (Phi) is 6.19. The lowest BCUT2D eigenvalue weighted by atomic mass is 9.55. The highest BCUT2D eigenvalue weighted by atomic mass is 16.2. The Morgan fingerprint density at radius 2 is 1.12 bits per heavy atom. The molecule has 2 aliphatic rings. The van der Waals surface area contributed by atoms with E-state index in [1.165, 1.54) is 0 Å². The Morgan fingerprint density at radius 3 is 1.35 bits per heavy atom. The second-order valence-electron chi connectivity index (χ2n) is 8.95. The lowest BCUT2D eigenvalue weighted by Crippen LogP contribution is -2.73. The van der Waals surface area contributed by atoms with Crippen LogP contribution in [0.2, 0.25) is 0 Å². The van der Waals surface area contributed by atoms with Crippen molar-refractivity contribution in [2.45, 2.75) is 67.2 Å². The lowest BCUT2D eigenvalue weighted by molar-refractivity contribution is -0.178. The molecule has 5 nitrogen and oxygen atoms in total. The summed E-state index contributed by atoms with van der Waals surface area (Å²) in [4.78, 5) is 43.0. The third kappa shape index (κ3) is 3.29. The Morgan fingerprint density at radius 1 is 0.808 bits per heavy atom. The van der Waals surface area contributed by atoms with Gasteiger partial charge >= 0.3 is 0 Å². The molecular formula is C21H36N2O3. The van der Waals surface area contributed by atoms with Crippen LogP contribution in [0, 0.1) is 22.7 Å². The van der Waals surface area contributed by atoms with Crippen LogP contribution in [-0.4, -0.2) is 53.6 Å². The summed E-state index contributed by atoms with van der Waals surface area (Å²) in [6, 6.07) is 0. The van der Waals surface area contributed by atoms with Crippen molar-refractivity contribution >= 4 is 17.6 Å². The molecule has 0 saturated carbocycles. The zero-order valence-corrected chi connectivity index (χ0v) is 17.4. The van der Waals surface area contributed by atoms with E-state index < -0.39 is 10.8 Å². The van der Waals surface area contributed by atoms with E-state index in [2.05, 4.69) is 27.7 Å². The first-order chi connectivity index (χ1) is 12.1. The van der Waals surface area contributed by atoms with E-state index in [1.54, 1.807) is 0 Å². The summed E-state index contributed by atoms with van der Waals surface area (Å²) in [6.45, 7) is 14.1. The summed E-state index contributed by atoms with van der Waals surface area (Å²) in [5.41, 5.74) is -1.29. The van der Waals surface area contributed by atoms with Crippen molar-refractivity contribution in [1.29, 1.82) is 0 Å². The molecule has 5 heteroatoms. The number of Topliss-reactive ketones (excluding diaryl/α,β-unsaturated/α-hetero) is 1. The summed E-state index contributed by atoms with van der Waals surface area (Å²) < 4.78 is 0. The number of carbonyl (C=O) groups excluding carboxylic acids is 3. The maximum Gasteiger partial charge on any atom is 0.222 e. The number of ketones is 1. The van der Waals surface area contributed by atoms with Crippen molar-refractivity contribution in [2.24, 2.45) is 22.7 Å². The van der Waals surface area contributed by atoms with Gasteiger partial charge in [0.2, 0.25) is 11.8 Å². The largest absolute Gasteiger partial charge is 0.341 e. The third-order valence-corrected chi connectivity index (χ3v) is 6.64. The Balaban J connectivity index is 2.50. The second kappa shape index (κ2) is 7.69. The van der Waals surface area contributed by atoms with Crippen LogP contribution in [0.25, 0.3) is 0 Å². The monoisotopic (exact) mass is 364 g/mol. The topological polar surface area (TPSA) is 57.7 Å². The predicted octanol–water partition coefficient (Wildman–Crippen LogP) is 3.12. The van der Waals surface area contributed by atoms with E-state index in [0.29, 0.717) is 39.0 Å². The molecule has 148 valence electrons. The van der Waals surface area contributed by atoms with Crippen molar-refractivity contribution in [3.8, 4) is 0 Å². The lowest BCUT2D eigenvalue weighted by Gasteiger charge is -2.60. The van der Waals surface area contributed by atoms with E-state index in [1.807, 2.05) is 23.6 Å². The van der Waals surface area contributed by atoms with Crippen LogP contribution in [-0.2, 0) is 14.4 Å². The summed E-state index contributed by atoms with van der Waals surface area (Å²) in [5.74, 6) is 0.730. The van der Waals surface area contributed by atoms with Crippen LogP contribution in [0.15, 0.2) is 0 Å². The fourth-order valence-corrected chi connectivity index (χ4v) is 4.71. The average molecular weight is 365 g/mol. The molecule has 0 atom stereocenters. The third-order valence-electron chi connectivity index (χ3n) is 6.64. The Labute approximate surface area is 158 Å². The number of amides is 2. The highest BCUT2D eigenvalue weighted by Crippen LogP contribution is 2.50. The summed E-state index contributed by atoms with van der Waals surface area (Å²) in [5, 5.41) is 0. The molecule has 2 fully saturated rings. The maximum atomic E-state index is 13.7. The fraction of sp³-hybridized carbons (Fsp3) is 0.857. The molecule has 0 aromatic heterocycles. The van der Waals surface area contributed by atoms with Gasteiger partial charge in [-0.3, -0.25) is 14.4 Å². The molecular weight excluding hydrogens is 328 g/mol. The zero-order chi connectivity index (χ0) is 19.7. The van der Waals surface area contributed by atoms with Crippen LogP contribution in [0.5, 0.6) is 0 Å². The van der Waals surface area contributed by atoms with Gasteiger partial charge < -0.3 is 9.80 Å². The van der Waals surface area contributed by atoms with Crippen molar-refractivity contribution in [3.63, 3.8) is 0 Å². The fourth-order valence-electron chi connectivity index (χ4n) is 4.71. The summed E-state index contributed by atoms with van der Waals surface area (Å²) in [7, 11) is 0. The van der Waals surface area contributed by atoms with Crippen LogP contribution >= 0.6 is 0 Å². The minimum atomic E-state index is -0.645. The maximum absolute atomic E-state index is 13.7. The normalized spacial score (nSPS) is 28.8. The van der Waals surface area contributed by atoms with Crippen LogP contribution in [0.4, 0.5) is 0 Å². The van der Waals surface area contributed by atoms with Gasteiger partial charge in [0.25, 0.3) is 0 Å². The summed E-state index contributed by atoms with van der Waals surface area (Å²) >= 11 is 0. The van der Waals surface area contributed by atoms with E-state index >= 15 is 0 Å². The molecule has 26 heavy (non-hydrogen) atoms. The van der Waals surface area contributed by atoms with Crippen molar-refractivity contribution < 1.29 is 14.4 Å². The molecule has 0 aliphatic carbocycles. The van der Waals surface area contributed by atoms with E-state index in [4.69, 9.17) is 0 Å². The van der Waals surface area contributed by atoms with Gasteiger partial charge in [-0.15, -0.1) is 0 Å². The first kappa shape index (κ1) is 20.9. The van der Waals surface area contributed by atoms with Gasteiger partial charge in [0.05, 0.1) is 10.8 Å². The highest BCUT2D eigenvalue weighted by Gasteiger charge is 2.63. The van der Waals surface area contributed by atoms with Gasteiger partial charge in [-0.2, -0.15) is 0 Å². The summed E-state index contributed by atoms with van der Waals surface area (Å²) in [6.07, 6.45) is 2.67. The molecule has 2 rings (SSSR count). The molecule has 2 amide bonds. The van der Waals surface area contributed by atoms with Gasteiger partial charge in [0.1, 0.15) is 0 Å².